The summed E-state index contributed by atoms with van der Waals surface area (Å²) < 4.78 is 10.5. The van der Waals surface area contributed by atoms with E-state index in [2.05, 4.69) is 20.8 Å². The van der Waals surface area contributed by atoms with Crippen molar-refractivity contribution < 1.29 is 19.1 Å². The first-order chi connectivity index (χ1) is 15.1. The molecule has 4 fully saturated rings. The van der Waals surface area contributed by atoms with E-state index in [0.717, 1.165) is 22.8 Å². The second-order valence-corrected chi connectivity index (χ2v) is 10.4. The second-order valence-electron chi connectivity index (χ2n) is 9.41. The van der Waals surface area contributed by atoms with E-state index in [1.165, 1.54) is 49.9 Å². The van der Waals surface area contributed by atoms with E-state index >= 15 is 0 Å². The normalized spacial score (nSPS) is 29.7. The highest BCUT2D eigenvalue weighted by Crippen LogP contribution is 2.61. The maximum atomic E-state index is 12.4. The van der Waals surface area contributed by atoms with Crippen LogP contribution in [0.3, 0.4) is 0 Å². The number of ether oxygens (including phenoxy) is 2. The zero-order chi connectivity index (χ0) is 21.0. The van der Waals surface area contributed by atoms with Gasteiger partial charge in [-0.1, -0.05) is 11.3 Å². The van der Waals surface area contributed by atoms with Gasteiger partial charge in [-0.25, -0.2) is 0 Å². The van der Waals surface area contributed by atoms with Crippen molar-refractivity contribution in [1.82, 2.24) is 15.5 Å². The van der Waals surface area contributed by atoms with Crippen molar-refractivity contribution in [3.8, 4) is 11.5 Å². The molecule has 8 nitrogen and oxygen atoms in total. The van der Waals surface area contributed by atoms with Crippen molar-refractivity contribution in [2.75, 3.05) is 18.7 Å². The molecule has 7 rings (SSSR count). The van der Waals surface area contributed by atoms with Crippen LogP contribution in [0, 0.1) is 17.8 Å². The molecule has 0 spiro atoms. The molecular weight excluding hydrogens is 416 g/mol. The van der Waals surface area contributed by atoms with Crippen molar-refractivity contribution >= 4 is 28.3 Å². The lowest BCUT2D eigenvalue weighted by Gasteiger charge is -2.55. The molecule has 9 heteroatoms. The summed E-state index contributed by atoms with van der Waals surface area (Å²) in [5.41, 5.74) is 0.584. The van der Waals surface area contributed by atoms with Crippen LogP contribution in [0.4, 0.5) is 5.13 Å². The van der Waals surface area contributed by atoms with Crippen molar-refractivity contribution in [2.45, 2.75) is 43.9 Å². The van der Waals surface area contributed by atoms with Crippen LogP contribution >= 0.6 is 11.3 Å². The maximum absolute atomic E-state index is 12.4. The molecule has 162 valence electrons. The Bertz CT molecular complexity index is 1020. The number of carbonyl (C=O) groups is 2. The predicted molar refractivity (Wildman–Crippen MR) is 113 cm³/mol. The fourth-order valence-corrected chi connectivity index (χ4v) is 7.30. The summed E-state index contributed by atoms with van der Waals surface area (Å²) in [4.78, 5) is 24.7. The first-order valence-electron chi connectivity index (χ1n) is 10.9. The number of carbonyl (C=O) groups excluding carboxylic acids is 2. The van der Waals surface area contributed by atoms with E-state index in [1.807, 2.05) is 0 Å². The number of rotatable bonds is 5. The maximum Gasteiger partial charge on any atom is 0.251 e. The van der Waals surface area contributed by atoms with Gasteiger partial charge in [-0.3, -0.25) is 14.9 Å². The molecule has 1 aromatic carbocycles. The molecular formula is C22H24N4O4S. The molecule has 2 aromatic rings. The van der Waals surface area contributed by atoms with E-state index in [9.17, 15) is 9.59 Å². The van der Waals surface area contributed by atoms with Gasteiger partial charge in [0, 0.05) is 11.0 Å². The molecule has 31 heavy (non-hydrogen) atoms. The lowest BCUT2D eigenvalue weighted by molar-refractivity contribution is -0.115. The molecule has 1 aliphatic heterocycles. The van der Waals surface area contributed by atoms with Gasteiger partial charge in [-0.15, -0.1) is 10.2 Å². The minimum atomic E-state index is -0.347. The molecule has 0 saturated heterocycles. The van der Waals surface area contributed by atoms with Crippen LogP contribution in [-0.4, -0.2) is 35.3 Å². The van der Waals surface area contributed by atoms with Crippen LogP contribution in [0.15, 0.2) is 18.2 Å². The smallest absolute Gasteiger partial charge is 0.251 e. The van der Waals surface area contributed by atoms with Crippen LogP contribution in [0.2, 0.25) is 0 Å². The van der Waals surface area contributed by atoms with Gasteiger partial charge in [0.05, 0.1) is 6.54 Å². The third-order valence-electron chi connectivity index (χ3n) is 7.21. The standard InChI is InChI=1S/C22H24N4O4S/c27-18(10-23-19(28)15-1-2-16-17(6-15)30-11-29-16)24-21-26-25-20(31-21)22-7-12-3-13(8-22)5-14(4-12)9-22/h1-2,6,12-14H,3-5,7-11H2,(H,23,28)(H,24,26,27). The molecule has 2 N–H and O–H groups in total. The minimum Gasteiger partial charge on any atom is -0.454 e. The number of benzene rings is 1. The molecule has 0 atom stereocenters. The first kappa shape index (κ1) is 19.0. The summed E-state index contributed by atoms with van der Waals surface area (Å²) in [6.45, 7) is 0.00938. The Kier molecular flexibility index (Phi) is 4.41. The van der Waals surface area contributed by atoms with E-state index < -0.39 is 0 Å². The molecule has 0 radical (unpaired) electrons. The highest BCUT2D eigenvalue weighted by molar-refractivity contribution is 7.15. The highest BCUT2D eigenvalue weighted by atomic mass is 32.1. The van der Waals surface area contributed by atoms with E-state index in [1.54, 1.807) is 18.2 Å². The molecule has 1 aromatic heterocycles. The SMILES string of the molecule is O=C(CNC(=O)c1ccc2c(c1)OCO2)Nc1nnc(C23CC4CC(CC(C4)C2)C3)s1. The van der Waals surface area contributed by atoms with Crippen molar-refractivity contribution in [2.24, 2.45) is 17.8 Å². The molecule has 2 heterocycles. The summed E-state index contributed by atoms with van der Waals surface area (Å²) in [6, 6.07) is 4.94. The van der Waals surface area contributed by atoms with Gasteiger partial charge in [0.2, 0.25) is 17.8 Å². The van der Waals surface area contributed by atoms with Crippen molar-refractivity contribution in [1.29, 1.82) is 0 Å². The molecule has 4 aliphatic carbocycles. The van der Waals surface area contributed by atoms with E-state index in [0.29, 0.717) is 22.2 Å². The van der Waals surface area contributed by atoms with Gasteiger partial charge < -0.3 is 14.8 Å². The molecule has 4 bridgehead atoms. The number of nitrogens with one attached hydrogen (secondary N) is 2. The number of amides is 2. The van der Waals surface area contributed by atoms with Crippen LogP contribution in [0.5, 0.6) is 11.5 Å². The lowest BCUT2D eigenvalue weighted by Crippen LogP contribution is -2.48. The Morgan fingerprint density at radius 3 is 2.48 bits per heavy atom. The Balaban J connectivity index is 1.07. The Morgan fingerprint density at radius 2 is 1.74 bits per heavy atom. The highest BCUT2D eigenvalue weighted by Gasteiger charge is 2.53. The van der Waals surface area contributed by atoms with E-state index in [4.69, 9.17) is 9.47 Å². The largest absolute Gasteiger partial charge is 0.454 e. The zero-order valence-electron chi connectivity index (χ0n) is 17.1. The van der Waals surface area contributed by atoms with Crippen LogP contribution in [0.1, 0.15) is 53.9 Å². The molecule has 0 unspecified atom stereocenters. The predicted octanol–water partition coefficient (Wildman–Crippen LogP) is 3.10. The number of hydrogen-bond acceptors (Lipinski definition) is 7. The summed E-state index contributed by atoms with van der Waals surface area (Å²) >= 11 is 1.50. The van der Waals surface area contributed by atoms with Crippen molar-refractivity contribution in [3.05, 3.63) is 28.8 Å². The van der Waals surface area contributed by atoms with Crippen molar-refractivity contribution in [3.63, 3.8) is 0 Å². The van der Waals surface area contributed by atoms with E-state index in [-0.39, 0.29) is 30.6 Å². The van der Waals surface area contributed by atoms with Crippen LogP contribution in [0.25, 0.3) is 0 Å². The van der Waals surface area contributed by atoms with Gasteiger partial charge in [0.15, 0.2) is 11.5 Å². The van der Waals surface area contributed by atoms with Gasteiger partial charge >= 0.3 is 0 Å². The fourth-order valence-electron chi connectivity index (χ4n) is 6.32. The minimum absolute atomic E-state index is 0.139. The Labute approximate surface area is 183 Å². The quantitative estimate of drug-likeness (QED) is 0.741. The topological polar surface area (TPSA) is 102 Å². The van der Waals surface area contributed by atoms with Crippen LogP contribution < -0.4 is 20.1 Å². The number of nitrogens with zero attached hydrogens (tertiary/aromatic N) is 2. The zero-order valence-corrected chi connectivity index (χ0v) is 17.9. The van der Waals surface area contributed by atoms with Gasteiger partial charge in [-0.2, -0.15) is 0 Å². The summed E-state index contributed by atoms with van der Waals surface area (Å²) in [7, 11) is 0. The monoisotopic (exact) mass is 440 g/mol. The van der Waals surface area contributed by atoms with Gasteiger partial charge in [0.1, 0.15) is 5.01 Å². The summed E-state index contributed by atoms with van der Waals surface area (Å²) in [6.07, 6.45) is 7.79. The first-order valence-corrected chi connectivity index (χ1v) is 11.7. The molecule has 2 amide bonds. The average Bonchev–Trinajstić information content (AvgIpc) is 3.40. The number of anilines is 1. The molecule has 4 saturated carbocycles. The third-order valence-corrected chi connectivity index (χ3v) is 8.29. The average molecular weight is 441 g/mol. The number of aromatic nitrogens is 2. The Hall–Kier alpha value is -2.68. The third kappa shape index (κ3) is 3.44. The van der Waals surface area contributed by atoms with Gasteiger partial charge in [-0.05, 0) is 74.5 Å². The lowest BCUT2D eigenvalue weighted by atomic mass is 9.50. The second kappa shape index (κ2) is 7.19. The summed E-state index contributed by atoms with van der Waals surface area (Å²) in [5, 5.41) is 15.7. The summed E-state index contributed by atoms with van der Waals surface area (Å²) in [5.74, 6) is 2.98. The Morgan fingerprint density at radius 1 is 1.03 bits per heavy atom. The number of fused-ring (bicyclic) bond motifs is 1. The molecule has 5 aliphatic rings. The van der Waals surface area contributed by atoms with Gasteiger partial charge in [0.25, 0.3) is 5.91 Å². The fraction of sp³-hybridized carbons (Fsp3) is 0.545. The van der Waals surface area contributed by atoms with Crippen LogP contribution in [-0.2, 0) is 10.2 Å². The number of hydrogen-bond donors (Lipinski definition) is 2.